The van der Waals surface area contributed by atoms with Crippen LogP contribution in [0, 0.1) is 0 Å². The van der Waals surface area contributed by atoms with Crippen LogP contribution in [0.5, 0.6) is 0 Å². The van der Waals surface area contributed by atoms with E-state index < -0.39 is 0 Å². The van der Waals surface area contributed by atoms with Gasteiger partial charge in [0.05, 0.1) is 0 Å². The van der Waals surface area contributed by atoms with E-state index in [0.717, 1.165) is 152 Å². The van der Waals surface area contributed by atoms with Gasteiger partial charge < -0.3 is 124 Å². The second-order valence-corrected chi connectivity index (χ2v) is 33.2. The minimum absolute atomic E-state index is 0. The van der Waals surface area contributed by atoms with Crippen LogP contribution >= 0.6 is 0 Å². The first kappa shape index (κ1) is 133. The molecule has 0 aromatic rings. The van der Waals surface area contributed by atoms with Crippen molar-refractivity contribution in [2.45, 2.75) is 244 Å². The smallest absolute Gasteiger partial charge is 1.00 e. The summed E-state index contributed by atoms with van der Waals surface area (Å²) in [5.41, 5.74) is 0. The molecule has 0 aliphatic heterocycles. The summed E-state index contributed by atoms with van der Waals surface area (Å²) in [6.45, 7) is 45.0. The predicted molar refractivity (Wildman–Crippen MR) is 267 cm³/mol. The van der Waals surface area contributed by atoms with Gasteiger partial charge in [0, 0.05) is 0 Å². The molecular weight excluding hydrogens is 1100 g/mol. The van der Waals surface area contributed by atoms with Gasteiger partial charge in [-0.05, 0) is 0 Å². The maximum atomic E-state index is 2.25. The molecule has 0 amide bonds. The standard InChI is InChI=1S/20C2H5.10Al.10ClH/c20*1-2;;;;;;;;;;;;;;;;;;;;/h20*1H2,2H3;;;;;;;;;;;10*1H/q;;;;;;;;;;;;;;;;;;;;10*+1;;;;;;;;;;/p-10. The molecule has 0 rings (SSSR count). The third-order valence-electron chi connectivity index (χ3n) is 5.77. The molecule has 0 saturated heterocycles. The molecule has 0 atom stereocenters. The number of hydrogen-bond acceptors (Lipinski definition) is 0. The van der Waals surface area contributed by atoms with Gasteiger partial charge in [-0.1, -0.05) is 0 Å². The van der Waals surface area contributed by atoms with Crippen LogP contribution < -0.4 is 124 Å². The van der Waals surface area contributed by atoms with Crippen LogP contribution in [0.2, 0.25) is 106 Å². The van der Waals surface area contributed by atoms with Crippen molar-refractivity contribution in [1.29, 1.82) is 0 Å². The molecule has 60 heavy (non-hydrogen) atoms. The Morgan fingerprint density at radius 3 is 0.150 bits per heavy atom. The SMILES string of the molecule is C[CH2][Al+][CH2]C.C[CH2][Al+][CH2]C.C[CH2][Al+][CH2]C.C[CH2][Al+][CH2]C.C[CH2][Al+][CH2]C.C[CH2][Al+][CH2]C.C[CH2][Al+][CH2]C.C[CH2][Al+][CH2]C.C[CH2][Al+][CH2]C.C[CH2][Al+][CH2]C.[Cl-].[Cl-].[Cl-].[Cl-].[Cl-].[Cl-].[Cl-].[Cl-].[Cl-].[Cl-]. The first-order chi connectivity index (χ1) is 24.1. The van der Waals surface area contributed by atoms with Crippen molar-refractivity contribution in [3.63, 3.8) is 0 Å². The Balaban J connectivity index is -0.0000000162. The van der Waals surface area contributed by atoms with Crippen LogP contribution in [0.3, 0.4) is 0 Å². The molecule has 0 saturated carbocycles. The van der Waals surface area contributed by atoms with Crippen LogP contribution in [0.4, 0.5) is 0 Å². The van der Waals surface area contributed by atoms with Crippen LogP contribution in [-0.4, -0.2) is 152 Å². The molecule has 0 heterocycles. The Morgan fingerprint density at radius 2 is 0.150 bits per heavy atom. The summed E-state index contributed by atoms with van der Waals surface area (Å²) in [4.78, 5) is 0. The van der Waals surface area contributed by atoms with Crippen LogP contribution in [-0.2, 0) is 0 Å². The summed E-state index contributed by atoms with van der Waals surface area (Å²) in [7, 11) is 0. The molecule has 0 unspecified atom stereocenters. The van der Waals surface area contributed by atoms with Crippen molar-refractivity contribution in [1.82, 2.24) is 0 Å². The summed E-state index contributed by atoms with van der Waals surface area (Å²) in [6.07, 6.45) is 0. The van der Waals surface area contributed by atoms with Gasteiger partial charge in [-0.3, -0.25) is 0 Å². The van der Waals surface area contributed by atoms with Gasteiger partial charge in [0.25, 0.3) is 0 Å². The molecule has 0 aromatic heterocycles. The van der Waals surface area contributed by atoms with Crippen molar-refractivity contribution in [3.8, 4) is 0 Å². The van der Waals surface area contributed by atoms with Crippen molar-refractivity contribution in [2.24, 2.45) is 0 Å². The topological polar surface area (TPSA) is 0 Å². The van der Waals surface area contributed by atoms with E-state index in [9.17, 15) is 0 Å². The quantitative estimate of drug-likeness (QED) is 0.107. The molecule has 0 aromatic carbocycles. The first-order valence-electron chi connectivity index (χ1n) is 22.3. The molecule has 0 bridgehead atoms. The zero-order valence-electron chi connectivity index (χ0n) is 43.7. The first-order valence-corrected chi connectivity index (χ1v) is 38.6. The normalized spacial score (nSPS) is 5.67. The van der Waals surface area contributed by atoms with E-state index in [1.807, 2.05) is 0 Å². The molecule has 0 nitrogen and oxygen atoms in total. The summed E-state index contributed by atoms with van der Waals surface area (Å²) in [5, 5.41) is 28.5. The average Bonchev–Trinajstić information content (AvgIpc) is 3.11. The van der Waals surface area contributed by atoms with Gasteiger partial charge in [0.15, 0.2) is 0 Å². The zero-order valence-corrected chi connectivity index (χ0v) is 62.8. The fraction of sp³-hybridized carbons (Fsp3) is 1.00. The number of rotatable bonds is 20. The molecule has 0 radical (unpaired) electrons. The molecule has 0 aliphatic carbocycles. The minimum atomic E-state index is 0. The third kappa shape index (κ3) is 354. The largest absolute Gasteiger partial charge is 1.00 e. The van der Waals surface area contributed by atoms with Crippen LogP contribution in [0.15, 0.2) is 0 Å². The van der Waals surface area contributed by atoms with Crippen molar-refractivity contribution < 1.29 is 124 Å². The molecule has 20 heteroatoms. The van der Waals surface area contributed by atoms with Crippen molar-refractivity contribution in [3.05, 3.63) is 0 Å². The van der Waals surface area contributed by atoms with Gasteiger partial charge in [-0.25, -0.2) is 0 Å². The average molecular weight is 1210 g/mol. The second kappa shape index (κ2) is 202. The van der Waals surface area contributed by atoms with Crippen LogP contribution in [0.25, 0.3) is 0 Å². The summed E-state index contributed by atoms with van der Waals surface area (Å²) in [5.74, 6) is 0. The number of halogens is 10. The van der Waals surface area contributed by atoms with E-state index in [1.165, 1.54) is 106 Å². The predicted octanol–water partition coefficient (Wildman–Crippen LogP) is -14.3. The Hall–Kier alpha value is 8.22. The fourth-order valence-corrected chi connectivity index (χ4v) is 8.66. The molecule has 0 aliphatic rings. The third-order valence-corrected chi connectivity index (χ3v) is 17.3. The Bertz CT molecular complexity index is 250. The Kier molecular flexibility index (Phi) is 446. The van der Waals surface area contributed by atoms with Crippen molar-refractivity contribution >= 4 is 152 Å². The minimum Gasteiger partial charge on any atom is -1.00 e. The van der Waals surface area contributed by atoms with Gasteiger partial charge in [-0.15, -0.1) is 0 Å². The van der Waals surface area contributed by atoms with Gasteiger partial charge >= 0.3 is 396 Å². The molecule has 0 N–H and O–H groups in total. The van der Waals surface area contributed by atoms with Gasteiger partial charge in [-0.2, -0.15) is 0 Å². The number of hydrogen-bond donors (Lipinski definition) is 0. The van der Waals surface area contributed by atoms with E-state index in [0.29, 0.717) is 0 Å². The van der Waals surface area contributed by atoms with E-state index in [1.54, 1.807) is 0 Å². The zero-order chi connectivity index (χ0) is 41.2. The maximum Gasteiger partial charge on any atom is -1.00 e. The summed E-state index contributed by atoms with van der Waals surface area (Å²) < 4.78 is 0. The molecule has 360 valence electrons. The summed E-state index contributed by atoms with van der Waals surface area (Å²) >= 11 is 8.15. The van der Waals surface area contributed by atoms with Crippen LogP contribution in [0.1, 0.15) is 138 Å². The fourth-order valence-electron chi connectivity index (χ4n) is 2.89. The monoisotopic (exact) mass is 1200 g/mol. The molecule has 0 spiro atoms. The van der Waals surface area contributed by atoms with E-state index in [-0.39, 0.29) is 124 Å². The van der Waals surface area contributed by atoms with E-state index >= 15 is 0 Å². The molecule has 0 fully saturated rings. The van der Waals surface area contributed by atoms with Crippen molar-refractivity contribution in [2.75, 3.05) is 0 Å². The second-order valence-electron chi connectivity index (χ2n) is 11.1. The maximum absolute atomic E-state index is 2.25. The van der Waals surface area contributed by atoms with Gasteiger partial charge in [0.1, 0.15) is 0 Å². The Labute approximate surface area is 512 Å². The van der Waals surface area contributed by atoms with E-state index in [2.05, 4.69) is 138 Å². The molecular formula is C40H100Al10Cl10. The Morgan fingerprint density at radius 1 is 0.117 bits per heavy atom. The van der Waals surface area contributed by atoms with Gasteiger partial charge in [0.2, 0.25) is 0 Å². The summed E-state index contributed by atoms with van der Waals surface area (Å²) in [6, 6.07) is 0. The van der Waals surface area contributed by atoms with E-state index in [4.69, 9.17) is 0 Å².